The Morgan fingerprint density at radius 1 is 1.50 bits per heavy atom. The molecule has 0 spiro atoms. The van der Waals surface area contributed by atoms with E-state index in [0.717, 1.165) is 0 Å². The Labute approximate surface area is 112 Å². The van der Waals surface area contributed by atoms with Gasteiger partial charge in [0.25, 0.3) is 0 Å². The van der Waals surface area contributed by atoms with Crippen molar-refractivity contribution in [2.24, 2.45) is 0 Å². The number of ether oxygens (including phenoxy) is 1. The summed E-state index contributed by atoms with van der Waals surface area (Å²) in [7, 11) is 1.85. The molecule has 100 valence electrons. The predicted octanol–water partition coefficient (Wildman–Crippen LogP) is 1.29. The largest absolute Gasteiger partial charge is 0.396 e. The van der Waals surface area contributed by atoms with Gasteiger partial charge < -0.3 is 20.5 Å². The topological polar surface area (TPSA) is 71.6 Å². The standard InChI is InChI=1S/C12H18ClN3O2/c1-16(8-12(17)4-6-18-7-5-12)11-9(14)2-3-10(13)15-11/h2-3,17H,4-8,14H2,1H3. The van der Waals surface area contributed by atoms with Gasteiger partial charge in [0, 0.05) is 39.6 Å². The maximum Gasteiger partial charge on any atom is 0.153 e. The third-order valence-electron chi connectivity index (χ3n) is 3.19. The molecule has 0 radical (unpaired) electrons. The van der Waals surface area contributed by atoms with Crippen LogP contribution in [0.15, 0.2) is 12.1 Å². The number of halogens is 1. The Kier molecular flexibility index (Phi) is 3.94. The zero-order chi connectivity index (χ0) is 13.2. The number of aliphatic hydroxyl groups is 1. The highest BCUT2D eigenvalue weighted by Crippen LogP contribution is 2.26. The van der Waals surface area contributed by atoms with Gasteiger partial charge in [0.05, 0.1) is 11.3 Å². The Morgan fingerprint density at radius 2 is 2.17 bits per heavy atom. The minimum absolute atomic E-state index is 0.394. The number of hydrogen-bond acceptors (Lipinski definition) is 5. The lowest BCUT2D eigenvalue weighted by Crippen LogP contribution is -2.46. The van der Waals surface area contributed by atoms with Crippen LogP contribution in [-0.4, -0.2) is 42.5 Å². The first-order chi connectivity index (χ1) is 8.50. The molecule has 1 saturated heterocycles. The number of aromatic nitrogens is 1. The SMILES string of the molecule is CN(CC1(O)CCOCC1)c1nc(Cl)ccc1N. The van der Waals surface area contributed by atoms with E-state index in [1.54, 1.807) is 12.1 Å². The van der Waals surface area contributed by atoms with Crippen molar-refractivity contribution < 1.29 is 9.84 Å². The van der Waals surface area contributed by atoms with E-state index in [9.17, 15) is 5.11 Å². The fourth-order valence-electron chi connectivity index (χ4n) is 2.17. The monoisotopic (exact) mass is 271 g/mol. The summed E-state index contributed by atoms with van der Waals surface area (Å²) in [5.41, 5.74) is 5.68. The molecule has 1 aromatic rings. The van der Waals surface area contributed by atoms with Gasteiger partial charge in [0.1, 0.15) is 5.15 Å². The minimum Gasteiger partial charge on any atom is -0.396 e. The van der Waals surface area contributed by atoms with Gasteiger partial charge in [-0.25, -0.2) is 4.98 Å². The summed E-state index contributed by atoms with van der Waals surface area (Å²) in [5.74, 6) is 0.599. The second-order valence-electron chi connectivity index (χ2n) is 4.74. The average Bonchev–Trinajstić information content (AvgIpc) is 2.32. The van der Waals surface area contributed by atoms with E-state index in [2.05, 4.69) is 4.98 Å². The quantitative estimate of drug-likeness (QED) is 0.811. The molecule has 1 aromatic heterocycles. The number of nitrogens with zero attached hydrogens (tertiary/aromatic N) is 2. The van der Waals surface area contributed by atoms with Gasteiger partial charge in [0.2, 0.25) is 0 Å². The van der Waals surface area contributed by atoms with Gasteiger partial charge in [-0.1, -0.05) is 11.6 Å². The molecule has 1 aliphatic rings. The first-order valence-electron chi connectivity index (χ1n) is 5.93. The maximum atomic E-state index is 10.4. The van der Waals surface area contributed by atoms with Crippen LogP contribution in [0.5, 0.6) is 0 Å². The lowest BCUT2D eigenvalue weighted by molar-refractivity contribution is -0.0573. The molecule has 0 saturated carbocycles. The van der Waals surface area contributed by atoms with Crippen LogP contribution in [0.25, 0.3) is 0 Å². The number of pyridine rings is 1. The number of nitrogens with two attached hydrogens (primary N) is 1. The van der Waals surface area contributed by atoms with Crippen LogP contribution in [0.3, 0.4) is 0 Å². The molecular formula is C12H18ClN3O2. The molecule has 0 aliphatic carbocycles. The van der Waals surface area contributed by atoms with E-state index >= 15 is 0 Å². The lowest BCUT2D eigenvalue weighted by atomic mass is 9.94. The van der Waals surface area contributed by atoms with Gasteiger partial charge in [-0.2, -0.15) is 0 Å². The zero-order valence-corrected chi connectivity index (χ0v) is 11.2. The highest BCUT2D eigenvalue weighted by atomic mass is 35.5. The fourth-order valence-corrected chi connectivity index (χ4v) is 2.31. The molecule has 18 heavy (non-hydrogen) atoms. The smallest absolute Gasteiger partial charge is 0.153 e. The number of rotatable bonds is 3. The molecule has 1 aliphatic heterocycles. The molecule has 2 rings (SSSR count). The van der Waals surface area contributed by atoms with Crippen LogP contribution in [0, 0.1) is 0 Å². The van der Waals surface area contributed by atoms with Crippen molar-refractivity contribution in [3.8, 4) is 0 Å². The predicted molar refractivity (Wildman–Crippen MR) is 71.9 cm³/mol. The second kappa shape index (κ2) is 5.30. The molecule has 0 aromatic carbocycles. The molecule has 0 atom stereocenters. The van der Waals surface area contributed by atoms with E-state index < -0.39 is 5.60 Å². The first kappa shape index (κ1) is 13.4. The van der Waals surface area contributed by atoms with E-state index in [1.165, 1.54) is 0 Å². The molecule has 0 bridgehead atoms. The van der Waals surface area contributed by atoms with Crippen molar-refractivity contribution in [1.82, 2.24) is 4.98 Å². The van der Waals surface area contributed by atoms with Crippen LogP contribution in [0.4, 0.5) is 11.5 Å². The van der Waals surface area contributed by atoms with Crippen LogP contribution in [0.1, 0.15) is 12.8 Å². The molecular weight excluding hydrogens is 254 g/mol. The summed E-state index contributed by atoms with van der Waals surface area (Å²) in [6.07, 6.45) is 1.25. The maximum absolute atomic E-state index is 10.4. The summed E-state index contributed by atoms with van der Waals surface area (Å²) in [5, 5.41) is 10.8. The molecule has 5 nitrogen and oxygen atoms in total. The molecule has 3 N–H and O–H groups in total. The normalized spacial score (nSPS) is 18.6. The van der Waals surface area contributed by atoms with Crippen LogP contribution in [-0.2, 0) is 4.74 Å². The van der Waals surface area contributed by atoms with Crippen molar-refractivity contribution >= 4 is 23.1 Å². The van der Waals surface area contributed by atoms with Crippen LogP contribution < -0.4 is 10.6 Å². The number of nitrogen functional groups attached to an aromatic ring is 1. The van der Waals surface area contributed by atoms with Gasteiger partial charge >= 0.3 is 0 Å². The van der Waals surface area contributed by atoms with Crippen molar-refractivity contribution in [2.75, 3.05) is 37.4 Å². The summed E-state index contributed by atoms with van der Waals surface area (Å²) < 4.78 is 5.26. The van der Waals surface area contributed by atoms with Gasteiger partial charge in [0.15, 0.2) is 5.82 Å². The van der Waals surface area contributed by atoms with Crippen molar-refractivity contribution in [1.29, 1.82) is 0 Å². The Morgan fingerprint density at radius 3 is 2.83 bits per heavy atom. The fraction of sp³-hybridized carbons (Fsp3) is 0.583. The van der Waals surface area contributed by atoms with Gasteiger partial charge in [-0.15, -0.1) is 0 Å². The third kappa shape index (κ3) is 3.04. The Balaban J connectivity index is 2.11. The van der Waals surface area contributed by atoms with E-state index in [0.29, 0.717) is 49.3 Å². The number of hydrogen-bond donors (Lipinski definition) is 2. The first-order valence-corrected chi connectivity index (χ1v) is 6.31. The highest BCUT2D eigenvalue weighted by molar-refractivity contribution is 6.29. The van der Waals surface area contributed by atoms with Crippen LogP contribution >= 0.6 is 11.6 Å². The van der Waals surface area contributed by atoms with Crippen molar-refractivity contribution in [3.63, 3.8) is 0 Å². The van der Waals surface area contributed by atoms with Crippen LogP contribution in [0.2, 0.25) is 5.15 Å². The van der Waals surface area contributed by atoms with Crippen molar-refractivity contribution in [2.45, 2.75) is 18.4 Å². The minimum atomic E-state index is -0.747. The summed E-state index contributed by atoms with van der Waals surface area (Å²) >= 11 is 5.86. The molecule has 1 fully saturated rings. The molecule has 0 amide bonds. The highest BCUT2D eigenvalue weighted by Gasteiger charge is 2.31. The second-order valence-corrected chi connectivity index (χ2v) is 5.13. The van der Waals surface area contributed by atoms with E-state index in [-0.39, 0.29) is 0 Å². The zero-order valence-electron chi connectivity index (χ0n) is 10.4. The molecule has 6 heteroatoms. The summed E-state index contributed by atoms with van der Waals surface area (Å²) in [6.45, 7) is 1.64. The Hall–Kier alpha value is -1.04. The van der Waals surface area contributed by atoms with E-state index in [4.69, 9.17) is 22.1 Å². The molecule has 2 heterocycles. The Bertz CT molecular complexity index is 422. The van der Waals surface area contributed by atoms with Crippen molar-refractivity contribution in [3.05, 3.63) is 17.3 Å². The number of anilines is 2. The van der Waals surface area contributed by atoms with E-state index in [1.807, 2.05) is 11.9 Å². The number of likely N-dealkylation sites (N-methyl/N-ethyl adjacent to an activating group) is 1. The summed E-state index contributed by atoms with van der Waals surface area (Å²) in [4.78, 5) is 6.03. The summed E-state index contributed by atoms with van der Waals surface area (Å²) in [6, 6.07) is 3.37. The van der Waals surface area contributed by atoms with Gasteiger partial charge in [-0.3, -0.25) is 0 Å². The van der Waals surface area contributed by atoms with Gasteiger partial charge in [-0.05, 0) is 12.1 Å². The molecule has 0 unspecified atom stereocenters. The third-order valence-corrected chi connectivity index (χ3v) is 3.40. The lowest BCUT2D eigenvalue weighted by Gasteiger charge is -2.36. The average molecular weight is 272 g/mol.